The van der Waals surface area contributed by atoms with E-state index in [9.17, 15) is 0 Å². The van der Waals surface area contributed by atoms with Crippen LogP contribution in [-0.4, -0.2) is 17.2 Å². The lowest BCUT2D eigenvalue weighted by Gasteiger charge is -2.02. The highest BCUT2D eigenvalue weighted by molar-refractivity contribution is 7.11. The van der Waals surface area contributed by atoms with Gasteiger partial charge in [-0.05, 0) is 31.7 Å². The maximum atomic E-state index is 5.85. The van der Waals surface area contributed by atoms with Crippen LogP contribution in [0.15, 0.2) is 24.3 Å². The molecule has 0 aliphatic heterocycles. The Labute approximate surface area is 110 Å². The number of aromatic nitrogens is 2. The van der Waals surface area contributed by atoms with Crippen molar-refractivity contribution < 1.29 is 0 Å². The highest BCUT2D eigenvalue weighted by atomic mass is 35.5. The first-order valence-corrected chi connectivity index (χ1v) is 6.62. The second-order valence-corrected chi connectivity index (χ2v) is 5.38. The lowest BCUT2D eigenvalue weighted by molar-refractivity contribution is 0.639. The van der Waals surface area contributed by atoms with E-state index in [2.05, 4.69) is 22.4 Å². The molecule has 0 saturated carbocycles. The van der Waals surface area contributed by atoms with Crippen molar-refractivity contribution in [3.05, 3.63) is 44.9 Å². The van der Waals surface area contributed by atoms with Gasteiger partial charge < -0.3 is 5.32 Å². The third kappa shape index (κ3) is 3.25. The third-order valence-electron chi connectivity index (χ3n) is 2.55. The van der Waals surface area contributed by atoms with Crippen LogP contribution in [0.5, 0.6) is 0 Å². The van der Waals surface area contributed by atoms with Crippen LogP contribution >= 0.6 is 22.9 Å². The number of benzene rings is 1. The Hall–Kier alpha value is -0.970. The molecule has 0 spiro atoms. The van der Waals surface area contributed by atoms with Crippen LogP contribution in [0.4, 0.5) is 0 Å². The summed E-state index contributed by atoms with van der Waals surface area (Å²) in [5.41, 5.74) is 1.20. The summed E-state index contributed by atoms with van der Waals surface area (Å²) in [5.74, 6) is 0. The fraction of sp³-hybridized carbons (Fsp3) is 0.333. The van der Waals surface area contributed by atoms with Crippen molar-refractivity contribution in [2.45, 2.75) is 19.4 Å². The van der Waals surface area contributed by atoms with Gasteiger partial charge in [-0.1, -0.05) is 35.1 Å². The van der Waals surface area contributed by atoms with Crippen LogP contribution < -0.4 is 5.32 Å². The number of nitrogens with zero attached hydrogens (tertiary/aromatic N) is 2. The normalized spacial score (nSPS) is 12.6. The summed E-state index contributed by atoms with van der Waals surface area (Å²) in [6.45, 7) is 2.08. The van der Waals surface area contributed by atoms with Crippen molar-refractivity contribution in [1.29, 1.82) is 0 Å². The molecule has 3 nitrogen and oxygen atoms in total. The average molecular weight is 268 g/mol. The van der Waals surface area contributed by atoms with E-state index in [4.69, 9.17) is 11.6 Å². The predicted octanol–water partition coefficient (Wildman–Crippen LogP) is 3.06. The van der Waals surface area contributed by atoms with E-state index in [1.54, 1.807) is 11.3 Å². The molecule has 0 fully saturated rings. The average Bonchev–Trinajstić information content (AvgIpc) is 2.80. The minimum atomic E-state index is 0.256. The second-order valence-electron chi connectivity index (χ2n) is 3.85. The molecule has 1 aromatic carbocycles. The lowest BCUT2D eigenvalue weighted by Crippen LogP contribution is -2.11. The first-order chi connectivity index (χ1) is 8.19. The van der Waals surface area contributed by atoms with Gasteiger partial charge >= 0.3 is 0 Å². The Balaban J connectivity index is 2.08. The molecule has 0 amide bonds. The molecule has 2 aromatic rings. The number of nitrogens with one attached hydrogen (secondary N) is 1. The van der Waals surface area contributed by atoms with Crippen LogP contribution in [0.2, 0.25) is 5.02 Å². The Morgan fingerprint density at radius 1 is 1.29 bits per heavy atom. The molecule has 1 N–H and O–H groups in total. The Bertz CT molecular complexity index is 481. The van der Waals surface area contributed by atoms with Gasteiger partial charge in [0.25, 0.3) is 0 Å². The zero-order valence-corrected chi connectivity index (χ0v) is 11.3. The minimum Gasteiger partial charge on any atom is -0.311 e. The van der Waals surface area contributed by atoms with Gasteiger partial charge in [-0.3, -0.25) is 0 Å². The summed E-state index contributed by atoms with van der Waals surface area (Å²) in [5, 5.41) is 14.4. The quantitative estimate of drug-likeness (QED) is 0.925. The zero-order valence-electron chi connectivity index (χ0n) is 9.77. The second kappa shape index (κ2) is 5.58. The van der Waals surface area contributed by atoms with Gasteiger partial charge in [0.1, 0.15) is 10.0 Å². The third-order valence-corrected chi connectivity index (χ3v) is 3.91. The number of hydrogen-bond acceptors (Lipinski definition) is 4. The lowest BCUT2D eigenvalue weighted by atomic mass is 10.2. The van der Waals surface area contributed by atoms with E-state index in [1.807, 2.05) is 31.3 Å². The molecule has 0 aliphatic carbocycles. The number of hydrogen-bond donors (Lipinski definition) is 1. The van der Waals surface area contributed by atoms with Crippen LogP contribution in [0.1, 0.15) is 28.5 Å². The molecule has 0 radical (unpaired) electrons. The fourth-order valence-corrected chi connectivity index (χ4v) is 2.48. The summed E-state index contributed by atoms with van der Waals surface area (Å²) in [7, 11) is 1.92. The highest BCUT2D eigenvalue weighted by Gasteiger charge is 2.10. The molecule has 17 heavy (non-hydrogen) atoms. The van der Waals surface area contributed by atoms with E-state index in [1.165, 1.54) is 5.56 Å². The smallest absolute Gasteiger partial charge is 0.134 e. The van der Waals surface area contributed by atoms with E-state index in [0.717, 1.165) is 21.5 Å². The van der Waals surface area contributed by atoms with Gasteiger partial charge in [-0.2, -0.15) is 0 Å². The monoisotopic (exact) mass is 267 g/mol. The maximum Gasteiger partial charge on any atom is 0.134 e. The molecule has 2 rings (SSSR count). The topological polar surface area (TPSA) is 37.8 Å². The maximum absolute atomic E-state index is 5.85. The van der Waals surface area contributed by atoms with Crippen molar-refractivity contribution in [2.75, 3.05) is 7.05 Å². The van der Waals surface area contributed by atoms with Gasteiger partial charge in [0.2, 0.25) is 0 Å². The van der Waals surface area contributed by atoms with Crippen molar-refractivity contribution in [2.24, 2.45) is 0 Å². The summed E-state index contributed by atoms with van der Waals surface area (Å²) in [6, 6.07) is 8.09. The van der Waals surface area contributed by atoms with Gasteiger partial charge in [0.15, 0.2) is 0 Å². The summed E-state index contributed by atoms with van der Waals surface area (Å²) < 4.78 is 0. The van der Waals surface area contributed by atoms with Crippen molar-refractivity contribution in [3.8, 4) is 0 Å². The van der Waals surface area contributed by atoms with Gasteiger partial charge in [0.05, 0.1) is 6.04 Å². The Kier molecular flexibility index (Phi) is 4.10. The standard InChI is InChI=1S/C12H14ClN3S/c1-8(14-2)12-16-15-11(17-12)7-9-3-5-10(13)6-4-9/h3-6,8,14H,7H2,1-2H3. The summed E-state index contributed by atoms with van der Waals surface area (Å²) in [4.78, 5) is 0. The Morgan fingerprint density at radius 2 is 2.00 bits per heavy atom. The number of rotatable bonds is 4. The molecule has 0 aliphatic rings. The largest absolute Gasteiger partial charge is 0.311 e. The van der Waals surface area contributed by atoms with E-state index >= 15 is 0 Å². The molecule has 1 unspecified atom stereocenters. The molecule has 1 atom stereocenters. The van der Waals surface area contributed by atoms with Crippen LogP contribution in [0, 0.1) is 0 Å². The van der Waals surface area contributed by atoms with Gasteiger partial charge in [-0.25, -0.2) is 0 Å². The van der Waals surface area contributed by atoms with E-state index in [0.29, 0.717) is 0 Å². The molecule has 5 heteroatoms. The fourth-order valence-electron chi connectivity index (χ4n) is 1.41. The molecule has 1 aromatic heterocycles. The van der Waals surface area contributed by atoms with Crippen molar-refractivity contribution >= 4 is 22.9 Å². The predicted molar refractivity (Wildman–Crippen MR) is 71.6 cm³/mol. The number of halogens is 1. The van der Waals surface area contributed by atoms with Gasteiger partial charge in [0, 0.05) is 11.4 Å². The van der Waals surface area contributed by atoms with Crippen LogP contribution in [-0.2, 0) is 6.42 Å². The minimum absolute atomic E-state index is 0.256. The molecule has 0 bridgehead atoms. The van der Waals surface area contributed by atoms with Crippen molar-refractivity contribution in [3.63, 3.8) is 0 Å². The highest BCUT2D eigenvalue weighted by Crippen LogP contribution is 2.20. The van der Waals surface area contributed by atoms with Crippen LogP contribution in [0.25, 0.3) is 0 Å². The molecular formula is C12H14ClN3S. The zero-order chi connectivity index (χ0) is 12.3. The summed E-state index contributed by atoms with van der Waals surface area (Å²) >= 11 is 7.49. The Morgan fingerprint density at radius 3 is 2.65 bits per heavy atom. The SMILES string of the molecule is CNC(C)c1nnc(Cc2ccc(Cl)cc2)s1. The van der Waals surface area contributed by atoms with E-state index in [-0.39, 0.29) is 6.04 Å². The molecular weight excluding hydrogens is 254 g/mol. The van der Waals surface area contributed by atoms with Crippen molar-refractivity contribution in [1.82, 2.24) is 15.5 Å². The first-order valence-electron chi connectivity index (χ1n) is 5.43. The first kappa shape index (κ1) is 12.5. The van der Waals surface area contributed by atoms with Crippen LogP contribution in [0.3, 0.4) is 0 Å². The molecule has 90 valence electrons. The van der Waals surface area contributed by atoms with Gasteiger partial charge in [-0.15, -0.1) is 10.2 Å². The molecule has 1 heterocycles. The molecule has 0 saturated heterocycles. The summed E-state index contributed by atoms with van der Waals surface area (Å²) in [6.07, 6.45) is 0.811. The van der Waals surface area contributed by atoms with E-state index < -0.39 is 0 Å².